The fourth-order valence-corrected chi connectivity index (χ4v) is 2.67. The first-order valence-electron chi connectivity index (χ1n) is 6.23. The van der Waals surface area contributed by atoms with Crippen molar-refractivity contribution in [2.75, 3.05) is 44.8 Å². The molecule has 0 aromatic rings. The van der Waals surface area contributed by atoms with Crippen LogP contribution in [0.1, 0.15) is 13.3 Å². The Bertz CT molecular complexity index is 369. The van der Waals surface area contributed by atoms with Crippen molar-refractivity contribution >= 4 is 15.8 Å². The van der Waals surface area contributed by atoms with E-state index in [2.05, 4.69) is 5.32 Å². The third-order valence-corrected chi connectivity index (χ3v) is 3.90. The van der Waals surface area contributed by atoms with E-state index in [0.29, 0.717) is 26.1 Å². The molecule has 0 saturated carbocycles. The summed E-state index contributed by atoms with van der Waals surface area (Å²) in [6, 6.07) is -0.293. The number of ether oxygens (including phenoxy) is 1. The van der Waals surface area contributed by atoms with Gasteiger partial charge in [-0.3, -0.25) is 9.69 Å². The number of carbonyl (C=O) groups excluding carboxylic acids is 1. The van der Waals surface area contributed by atoms with Gasteiger partial charge in [-0.1, -0.05) is 0 Å². The SMILES string of the molecule is CCOC(=O)C1CNCCN1CCCS(C)(=O)=O. The number of carbonyl (C=O) groups is 1. The number of hydrogen-bond donors (Lipinski definition) is 1. The van der Waals surface area contributed by atoms with E-state index in [0.717, 1.165) is 13.1 Å². The van der Waals surface area contributed by atoms with Crippen LogP contribution >= 0.6 is 0 Å². The van der Waals surface area contributed by atoms with Crippen molar-refractivity contribution in [3.63, 3.8) is 0 Å². The number of sulfone groups is 1. The molecular formula is C11H22N2O4S. The number of hydrogen-bond acceptors (Lipinski definition) is 6. The molecule has 1 aliphatic rings. The first kappa shape index (κ1) is 15.4. The van der Waals surface area contributed by atoms with Gasteiger partial charge in [0.25, 0.3) is 0 Å². The second-order valence-corrected chi connectivity index (χ2v) is 6.75. The van der Waals surface area contributed by atoms with Gasteiger partial charge < -0.3 is 10.1 Å². The van der Waals surface area contributed by atoms with Gasteiger partial charge in [0.1, 0.15) is 15.9 Å². The third kappa shape index (κ3) is 5.32. The Morgan fingerprint density at radius 1 is 1.50 bits per heavy atom. The van der Waals surface area contributed by atoms with Crippen molar-refractivity contribution in [1.29, 1.82) is 0 Å². The minimum Gasteiger partial charge on any atom is -0.465 e. The van der Waals surface area contributed by atoms with Crippen LogP contribution in [0.4, 0.5) is 0 Å². The lowest BCUT2D eigenvalue weighted by molar-refractivity contribution is -0.150. The van der Waals surface area contributed by atoms with Gasteiger partial charge in [0.05, 0.1) is 12.4 Å². The smallest absolute Gasteiger partial charge is 0.324 e. The van der Waals surface area contributed by atoms with Crippen molar-refractivity contribution in [1.82, 2.24) is 10.2 Å². The van der Waals surface area contributed by atoms with Gasteiger partial charge in [-0.05, 0) is 13.3 Å². The maximum atomic E-state index is 11.7. The monoisotopic (exact) mass is 278 g/mol. The minimum absolute atomic E-state index is 0.159. The standard InChI is InChI=1S/C11H22N2O4S/c1-3-17-11(14)10-9-12-5-7-13(10)6-4-8-18(2,15)16/h10,12H,3-9H2,1-2H3. The van der Waals surface area contributed by atoms with Gasteiger partial charge in [-0.15, -0.1) is 0 Å². The second kappa shape index (κ2) is 7.06. The Labute approximate surface area is 109 Å². The number of piperazine rings is 1. The molecule has 0 aliphatic carbocycles. The summed E-state index contributed by atoms with van der Waals surface area (Å²) in [6.45, 7) is 4.88. The summed E-state index contributed by atoms with van der Waals surface area (Å²) in [5, 5.41) is 3.15. The molecule has 1 rings (SSSR count). The normalized spacial score (nSPS) is 21.8. The van der Waals surface area contributed by atoms with Crippen LogP contribution in [0.2, 0.25) is 0 Å². The first-order chi connectivity index (χ1) is 8.44. The average molecular weight is 278 g/mol. The first-order valence-corrected chi connectivity index (χ1v) is 8.29. The number of esters is 1. The van der Waals surface area contributed by atoms with Crippen molar-refractivity contribution < 1.29 is 17.9 Å². The van der Waals surface area contributed by atoms with Crippen molar-refractivity contribution in [3.8, 4) is 0 Å². The largest absolute Gasteiger partial charge is 0.465 e. The molecule has 0 aromatic heterocycles. The molecule has 1 heterocycles. The molecule has 7 heteroatoms. The highest BCUT2D eigenvalue weighted by Crippen LogP contribution is 2.07. The highest BCUT2D eigenvalue weighted by atomic mass is 32.2. The maximum absolute atomic E-state index is 11.7. The van der Waals surface area contributed by atoms with Crippen LogP contribution in [0.15, 0.2) is 0 Å². The molecule has 0 radical (unpaired) electrons. The Balaban J connectivity index is 2.47. The summed E-state index contributed by atoms with van der Waals surface area (Å²) in [7, 11) is -2.93. The third-order valence-electron chi connectivity index (χ3n) is 2.87. The molecule has 1 unspecified atom stereocenters. The summed E-state index contributed by atoms with van der Waals surface area (Å²) in [4.78, 5) is 13.7. The molecule has 1 atom stereocenters. The molecule has 1 aliphatic heterocycles. The lowest BCUT2D eigenvalue weighted by Gasteiger charge is -2.34. The fourth-order valence-electron chi connectivity index (χ4n) is 2.01. The van der Waals surface area contributed by atoms with Crippen LogP contribution in [0, 0.1) is 0 Å². The van der Waals surface area contributed by atoms with Crippen LogP contribution in [-0.2, 0) is 19.4 Å². The molecule has 1 saturated heterocycles. The Morgan fingerprint density at radius 3 is 2.83 bits per heavy atom. The Hall–Kier alpha value is -0.660. The van der Waals surface area contributed by atoms with Crippen LogP contribution in [0.3, 0.4) is 0 Å². The molecule has 106 valence electrons. The number of rotatable bonds is 6. The van der Waals surface area contributed by atoms with E-state index >= 15 is 0 Å². The van der Waals surface area contributed by atoms with E-state index in [9.17, 15) is 13.2 Å². The molecule has 0 spiro atoms. The van der Waals surface area contributed by atoms with Gasteiger partial charge in [0.2, 0.25) is 0 Å². The molecule has 6 nitrogen and oxygen atoms in total. The van der Waals surface area contributed by atoms with Crippen LogP contribution in [0.5, 0.6) is 0 Å². The average Bonchev–Trinajstić information content (AvgIpc) is 2.28. The van der Waals surface area contributed by atoms with Gasteiger partial charge in [0, 0.05) is 32.4 Å². The van der Waals surface area contributed by atoms with E-state index < -0.39 is 9.84 Å². The summed E-state index contributed by atoms with van der Waals surface area (Å²) >= 11 is 0. The summed E-state index contributed by atoms with van der Waals surface area (Å²) in [6.07, 6.45) is 1.78. The van der Waals surface area contributed by atoms with Crippen molar-refractivity contribution in [2.45, 2.75) is 19.4 Å². The van der Waals surface area contributed by atoms with Gasteiger partial charge in [0.15, 0.2) is 0 Å². The molecule has 0 bridgehead atoms. The molecule has 0 amide bonds. The molecule has 1 fully saturated rings. The summed E-state index contributed by atoms with van der Waals surface area (Å²) in [5.74, 6) is -0.0732. The molecule has 0 aromatic carbocycles. The summed E-state index contributed by atoms with van der Waals surface area (Å²) in [5.41, 5.74) is 0. The Kier molecular flexibility index (Phi) is 6.04. The summed E-state index contributed by atoms with van der Waals surface area (Å²) < 4.78 is 27.2. The van der Waals surface area contributed by atoms with Crippen LogP contribution < -0.4 is 5.32 Å². The Morgan fingerprint density at radius 2 is 2.22 bits per heavy atom. The highest BCUT2D eigenvalue weighted by Gasteiger charge is 2.29. The van der Waals surface area contributed by atoms with Crippen LogP contribution in [-0.4, -0.2) is 70.1 Å². The number of nitrogens with zero attached hydrogens (tertiary/aromatic N) is 1. The predicted octanol–water partition coefficient (Wildman–Crippen LogP) is -0.742. The van der Waals surface area contributed by atoms with Gasteiger partial charge >= 0.3 is 5.97 Å². The molecule has 18 heavy (non-hydrogen) atoms. The second-order valence-electron chi connectivity index (χ2n) is 4.49. The molecular weight excluding hydrogens is 256 g/mol. The van der Waals surface area contributed by atoms with E-state index in [1.807, 2.05) is 4.90 Å². The highest BCUT2D eigenvalue weighted by molar-refractivity contribution is 7.90. The van der Waals surface area contributed by atoms with Crippen molar-refractivity contribution in [3.05, 3.63) is 0 Å². The van der Waals surface area contributed by atoms with Crippen molar-refractivity contribution in [2.24, 2.45) is 0 Å². The minimum atomic E-state index is -2.93. The van der Waals surface area contributed by atoms with Gasteiger partial charge in [-0.2, -0.15) is 0 Å². The van der Waals surface area contributed by atoms with E-state index in [4.69, 9.17) is 4.74 Å². The van der Waals surface area contributed by atoms with Gasteiger partial charge in [-0.25, -0.2) is 8.42 Å². The predicted molar refractivity (Wildman–Crippen MR) is 69.2 cm³/mol. The van der Waals surface area contributed by atoms with E-state index in [1.165, 1.54) is 6.26 Å². The lowest BCUT2D eigenvalue weighted by atomic mass is 10.2. The number of nitrogens with one attached hydrogen (secondary N) is 1. The topological polar surface area (TPSA) is 75.7 Å². The quantitative estimate of drug-likeness (QED) is 0.645. The lowest BCUT2D eigenvalue weighted by Crippen LogP contribution is -2.55. The van der Waals surface area contributed by atoms with E-state index in [1.54, 1.807) is 6.92 Å². The molecule has 1 N–H and O–H groups in total. The fraction of sp³-hybridized carbons (Fsp3) is 0.909. The zero-order chi connectivity index (χ0) is 13.6. The van der Waals surface area contributed by atoms with E-state index in [-0.39, 0.29) is 17.8 Å². The van der Waals surface area contributed by atoms with Crippen LogP contribution in [0.25, 0.3) is 0 Å². The zero-order valence-electron chi connectivity index (χ0n) is 11.0. The maximum Gasteiger partial charge on any atom is 0.324 e. The zero-order valence-corrected chi connectivity index (χ0v) is 11.8.